The summed E-state index contributed by atoms with van der Waals surface area (Å²) in [5, 5.41) is 0. The van der Waals surface area contributed by atoms with Crippen LogP contribution in [0.3, 0.4) is 0 Å². The van der Waals surface area contributed by atoms with E-state index >= 15 is 0 Å². The lowest BCUT2D eigenvalue weighted by Crippen LogP contribution is -2.30. The molecule has 1 aliphatic rings. The number of nitrogens with zero attached hydrogens (tertiary/aromatic N) is 2. The molecule has 0 fully saturated rings. The minimum Gasteiger partial charge on any atom is -0.454 e. The van der Waals surface area contributed by atoms with Crippen LogP contribution in [0.15, 0.2) is 64.8 Å². The SMILES string of the molecule is Cc1ccc2c(c1-c1cncc[n+]1C)Oc1ccccc1S2. The van der Waals surface area contributed by atoms with Crippen molar-refractivity contribution in [2.75, 3.05) is 0 Å². The van der Waals surface area contributed by atoms with Crippen LogP contribution in [0.1, 0.15) is 5.56 Å². The Bertz CT molecular complexity index is 877. The van der Waals surface area contributed by atoms with Crippen LogP contribution in [-0.4, -0.2) is 4.98 Å². The number of aromatic nitrogens is 2. The molecule has 2 heterocycles. The number of fused-ring (bicyclic) bond motifs is 2. The number of hydrogen-bond donors (Lipinski definition) is 0. The summed E-state index contributed by atoms with van der Waals surface area (Å²) < 4.78 is 8.31. The van der Waals surface area contributed by atoms with Gasteiger partial charge in [-0.15, -0.1) is 0 Å². The second-order valence-corrected chi connectivity index (χ2v) is 6.39. The first-order chi connectivity index (χ1) is 10.7. The summed E-state index contributed by atoms with van der Waals surface area (Å²) in [4.78, 5) is 6.57. The average Bonchev–Trinajstić information content (AvgIpc) is 2.54. The van der Waals surface area contributed by atoms with E-state index in [-0.39, 0.29) is 0 Å². The van der Waals surface area contributed by atoms with Gasteiger partial charge in [0.05, 0.1) is 27.7 Å². The van der Waals surface area contributed by atoms with Crippen LogP contribution in [0.5, 0.6) is 11.5 Å². The zero-order valence-electron chi connectivity index (χ0n) is 12.4. The van der Waals surface area contributed by atoms with Gasteiger partial charge in [0.15, 0.2) is 11.9 Å². The quantitative estimate of drug-likeness (QED) is 0.494. The summed E-state index contributed by atoms with van der Waals surface area (Å²) in [6, 6.07) is 12.4. The summed E-state index contributed by atoms with van der Waals surface area (Å²) in [5.41, 5.74) is 3.34. The molecule has 0 radical (unpaired) electrons. The number of hydrogen-bond acceptors (Lipinski definition) is 3. The molecule has 108 valence electrons. The van der Waals surface area contributed by atoms with Gasteiger partial charge < -0.3 is 4.74 Å². The molecule has 0 amide bonds. The van der Waals surface area contributed by atoms with Crippen molar-refractivity contribution in [1.82, 2.24) is 4.98 Å². The Morgan fingerprint density at radius 2 is 1.95 bits per heavy atom. The zero-order chi connectivity index (χ0) is 15.1. The second-order valence-electron chi connectivity index (χ2n) is 5.31. The van der Waals surface area contributed by atoms with Crippen LogP contribution >= 0.6 is 11.8 Å². The summed E-state index contributed by atoms with van der Waals surface area (Å²) in [6.07, 6.45) is 5.63. The number of aryl methyl sites for hydroxylation is 2. The van der Waals surface area contributed by atoms with Crippen molar-refractivity contribution in [1.29, 1.82) is 0 Å². The molecule has 22 heavy (non-hydrogen) atoms. The van der Waals surface area contributed by atoms with Gasteiger partial charge in [0.1, 0.15) is 12.8 Å². The molecule has 3 nitrogen and oxygen atoms in total. The van der Waals surface area contributed by atoms with Gasteiger partial charge in [-0.1, -0.05) is 30.0 Å². The lowest BCUT2D eigenvalue weighted by atomic mass is 10.0. The van der Waals surface area contributed by atoms with E-state index < -0.39 is 0 Å². The summed E-state index contributed by atoms with van der Waals surface area (Å²) >= 11 is 1.75. The highest BCUT2D eigenvalue weighted by atomic mass is 32.2. The molecule has 0 aliphatic carbocycles. The Kier molecular flexibility index (Phi) is 3.12. The molecule has 0 spiro atoms. The first-order valence-electron chi connectivity index (χ1n) is 7.12. The molecule has 4 rings (SSSR count). The van der Waals surface area contributed by atoms with Gasteiger partial charge in [-0.05, 0) is 30.7 Å². The van der Waals surface area contributed by atoms with E-state index in [1.165, 1.54) is 5.56 Å². The Morgan fingerprint density at radius 3 is 2.82 bits per heavy atom. The van der Waals surface area contributed by atoms with Crippen LogP contribution in [0.4, 0.5) is 0 Å². The Hall–Kier alpha value is -2.33. The van der Waals surface area contributed by atoms with Crippen molar-refractivity contribution < 1.29 is 9.30 Å². The molecule has 4 heteroatoms. The predicted octanol–water partition coefficient (Wildman–Crippen LogP) is 4.14. The van der Waals surface area contributed by atoms with Crippen LogP contribution < -0.4 is 9.30 Å². The van der Waals surface area contributed by atoms with Crippen molar-refractivity contribution >= 4 is 11.8 Å². The monoisotopic (exact) mass is 307 g/mol. The Morgan fingerprint density at radius 1 is 1.09 bits per heavy atom. The summed E-state index contributed by atoms with van der Waals surface area (Å²) in [6.45, 7) is 2.11. The van der Waals surface area contributed by atoms with E-state index in [1.807, 2.05) is 37.6 Å². The van der Waals surface area contributed by atoms with Crippen molar-refractivity contribution in [3.63, 3.8) is 0 Å². The minimum atomic E-state index is 0.915. The topological polar surface area (TPSA) is 26.0 Å². The third-order valence-electron chi connectivity index (χ3n) is 3.82. The Balaban J connectivity index is 1.94. The normalized spacial score (nSPS) is 12.3. The van der Waals surface area contributed by atoms with Crippen LogP contribution in [0.2, 0.25) is 0 Å². The fourth-order valence-corrected chi connectivity index (χ4v) is 3.64. The van der Waals surface area contributed by atoms with Gasteiger partial charge in [-0.25, -0.2) is 0 Å². The molecule has 3 aromatic rings. The maximum atomic E-state index is 6.24. The van der Waals surface area contributed by atoms with Gasteiger partial charge in [-0.2, -0.15) is 4.57 Å². The van der Waals surface area contributed by atoms with Gasteiger partial charge in [0.2, 0.25) is 5.69 Å². The van der Waals surface area contributed by atoms with Crippen molar-refractivity contribution in [3.05, 3.63) is 60.6 Å². The molecule has 1 aromatic heterocycles. The number of rotatable bonds is 1. The lowest BCUT2D eigenvalue weighted by Gasteiger charge is -2.22. The van der Waals surface area contributed by atoms with E-state index in [1.54, 1.807) is 18.0 Å². The fourth-order valence-electron chi connectivity index (χ4n) is 2.67. The predicted molar refractivity (Wildman–Crippen MR) is 86.2 cm³/mol. The molecule has 0 saturated heterocycles. The maximum Gasteiger partial charge on any atom is 0.234 e. The van der Waals surface area contributed by atoms with E-state index in [0.29, 0.717) is 0 Å². The molecule has 2 aromatic carbocycles. The zero-order valence-corrected chi connectivity index (χ0v) is 13.2. The molecule has 0 unspecified atom stereocenters. The molecule has 0 saturated carbocycles. The van der Waals surface area contributed by atoms with Gasteiger partial charge in [0, 0.05) is 0 Å². The summed E-state index contributed by atoms with van der Waals surface area (Å²) in [7, 11) is 2.03. The van der Waals surface area contributed by atoms with Crippen molar-refractivity contribution in [3.8, 4) is 22.8 Å². The number of ether oxygens (including phenoxy) is 1. The van der Waals surface area contributed by atoms with Gasteiger partial charge in [0.25, 0.3) is 0 Å². The van der Waals surface area contributed by atoms with Crippen molar-refractivity contribution in [2.45, 2.75) is 16.7 Å². The van der Waals surface area contributed by atoms with Gasteiger partial charge in [-0.3, -0.25) is 4.98 Å². The third-order valence-corrected chi connectivity index (χ3v) is 4.92. The highest BCUT2D eigenvalue weighted by molar-refractivity contribution is 7.99. The average molecular weight is 307 g/mol. The van der Waals surface area contributed by atoms with Crippen LogP contribution in [0, 0.1) is 6.92 Å². The second kappa shape index (κ2) is 5.14. The molecular weight excluding hydrogens is 292 g/mol. The van der Waals surface area contributed by atoms with E-state index in [0.717, 1.165) is 32.5 Å². The molecule has 1 aliphatic heterocycles. The number of para-hydroxylation sites is 1. The molecule has 0 atom stereocenters. The fraction of sp³-hybridized carbons (Fsp3) is 0.111. The van der Waals surface area contributed by atoms with Crippen LogP contribution in [0.25, 0.3) is 11.3 Å². The molecular formula is C18H15N2OS+. The molecule has 0 N–H and O–H groups in total. The third kappa shape index (κ3) is 2.07. The highest BCUT2D eigenvalue weighted by Gasteiger charge is 2.26. The minimum absolute atomic E-state index is 0.915. The Labute approximate surface area is 133 Å². The summed E-state index contributed by atoms with van der Waals surface area (Å²) in [5.74, 6) is 1.84. The van der Waals surface area contributed by atoms with E-state index in [9.17, 15) is 0 Å². The van der Waals surface area contributed by atoms with Crippen molar-refractivity contribution in [2.24, 2.45) is 7.05 Å². The molecule has 0 bridgehead atoms. The first kappa shape index (κ1) is 13.3. The van der Waals surface area contributed by atoms with Crippen LogP contribution in [-0.2, 0) is 7.05 Å². The maximum absolute atomic E-state index is 6.24. The smallest absolute Gasteiger partial charge is 0.234 e. The number of benzene rings is 2. The standard InChI is InChI=1S/C18H15N2OS/c1-12-7-8-16-18(17(12)13-11-19-9-10-20(13)2)21-14-5-3-4-6-15(14)22-16/h3-11H,1-2H3/q+1. The highest BCUT2D eigenvalue weighted by Crippen LogP contribution is 2.50. The lowest BCUT2D eigenvalue weighted by molar-refractivity contribution is -0.660. The first-order valence-corrected chi connectivity index (χ1v) is 7.94. The van der Waals surface area contributed by atoms with Gasteiger partial charge >= 0.3 is 0 Å². The largest absolute Gasteiger partial charge is 0.454 e. The van der Waals surface area contributed by atoms with E-state index in [2.05, 4.69) is 34.7 Å². The van der Waals surface area contributed by atoms with E-state index in [4.69, 9.17) is 4.74 Å².